The number of fused-ring (bicyclic) bond motifs is 1. The van der Waals surface area contributed by atoms with Gasteiger partial charge < -0.3 is 0 Å². The van der Waals surface area contributed by atoms with Crippen LogP contribution in [0.3, 0.4) is 0 Å². The molecule has 0 aromatic heterocycles. The zero-order chi connectivity index (χ0) is 19.1. The van der Waals surface area contributed by atoms with E-state index in [2.05, 4.69) is 37.1 Å². The molecule has 0 heterocycles. The molecule has 0 bridgehead atoms. The normalized spacial score (nSPS) is 10.3. The van der Waals surface area contributed by atoms with E-state index in [1.54, 1.807) is 0 Å². The summed E-state index contributed by atoms with van der Waals surface area (Å²) in [6.45, 7) is 7.45. The molecular weight excluding hydrogens is 331 g/mol. The third-order valence-electron chi connectivity index (χ3n) is 4.59. The minimum absolute atomic E-state index is 0.135. The van der Waals surface area contributed by atoms with E-state index < -0.39 is 0 Å². The topological polar surface area (TPSA) is 0 Å². The first-order valence-electron chi connectivity index (χ1n) is 9.25. The lowest BCUT2D eigenvalue weighted by Crippen LogP contribution is -1.92. The van der Waals surface area contributed by atoms with Crippen LogP contribution in [0.2, 0.25) is 0 Å². The molecule has 3 aromatic rings. The lowest BCUT2D eigenvalue weighted by Gasteiger charge is -2.06. The minimum atomic E-state index is -0.135. The van der Waals surface area contributed by atoms with Gasteiger partial charge in [-0.1, -0.05) is 54.3 Å². The molecule has 0 aliphatic rings. The Hall–Kier alpha value is -3.11. The van der Waals surface area contributed by atoms with Crippen LogP contribution >= 0.6 is 0 Å². The second kappa shape index (κ2) is 9.01. The molecule has 0 saturated carbocycles. The summed E-state index contributed by atoms with van der Waals surface area (Å²) in [5.74, 6) is 6.23. The van der Waals surface area contributed by atoms with Crippen LogP contribution in [0.4, 0.5) is 4.39 Å². The van der Waals surface area contributed by atoms with Gasteiger partial charge in [0.2, 0.25) is 0 Å². The molecule has 1 heteroatoms. The van der Waals surface area contributed by atoms with Crippen LogP contribution in [0.1, 0.15) is 35.1 Å². The Balaban J connectivity index is 1.81. The highest BCUT2D eigenvalue weighted by Crippen LogP contribution is 2.23. The van der Waals surface area contributed by atoms with Gasteiger partial charge in [-0.3, -0.25) is 0 Å². The third kappa shape index (κ3) is 4.74. The Bertz CT molecular complexity index is 1010. The second-order valence-corrected chi connectivity index (χ2v) is 6.58. The van der Waals surface area contributed by atoms with Crippen LogP contribution in [0.5, 0.6) is 0 Å². The number of hydrogen-bond acceptors (Lipinski definition) is 0. The Labute approximate surface area is 161 Å². The molecule has 3 aromatic carbocycles. The Kier molecular flexibility index (Phi) is 6.23. The number of benzene rings is 3. The highest BCUT2D eigenvalue weighted by Gasteiger charge is 2.07. The summed E-state index contributed by atoms with van der Waals surface area (Å²) in [6, 6.07) is 17.8. The molecule has 0 spiro atoms. The third-order valence-corrected chi connectivity index (χ3v) is 4.59. The van der Waals surface area contributed by atoms with E-state index in [1.807, 2.05) is 54.6 Å². The maximum absolute atomic E-state index is 14.6. The minimum Gasteiger partial charge on any atom is -0.206 e. The number of hydrogen-bond donors (Lipinski definition) is 0. The zero-order valence-electron chi connectivity index (χ0n) is 15.5. The van der Waals surface area contributed by atoms with Gasteiger partial charge in [-0.15, -0.1) is 13.2 Å². The van der Waals surface area contributed by atoms with Gasteiger partial charge in [0.05, 0.1) is 0 Å². The lowest BCUT2D eigenvalue weighted by molar-refractivity contribution is 0.621. The highest BCUT2D eigenvalue weighted by molar-refractivity contribution is 5.85. The lowest BCUT2D eigenvalue weighted by atomic mass is 10.0. The van der Waals surface area contributed by atoms with Crippen molar-refractivity contribution in [1.29, 1.82) is 0 Å². The van der Waals surface area contributed by atoms with Gasteiger partial charge >= 0.3 is 0 Å². The largest absolute Gasteiger partial charge is 0.206 e. The summed E-state index contributed by atoms with van der Waals surface area (Å²) in [4.78, 5) is 0. The van der Waals surface area contributed by atoms with Crippen molar-refractivity contribution < 1.29 is 4.39 Å². The summed E-state index contributed by atoms with van der Waals surface area (Å²) in [5.41, 5.74) is 3.88. The molecule has 0 radical (unpaired) electrons. The van der Waals surface area contributed by atoms with Gasteiger partial charge in [0.15, 0.2) is 0 Å². The molecule has 0 unspecified atom stereocenters. The van der Waals surface area contributed by atoms with Gasteiger partial charge in [-0.25, -0.2) is 4.39 Å². The molecule has 3 rings (SSSR count). The summed E-state index contributed by atoms with van der Waals surface area (Å²) in [6.07, 6.45) is 7.18. The average molecular weight is 354 g/mol. The second-order valence-electron chi connectivity index (χ2n) is 6.58. The van der Waals surface area contributed by atoms with E-state index in [0.717, 1.165) is 41.3 Å². The molecule has 27 heavy (non-hydrogen) atoms. The molecule has 0 fully saturated rings. The SMILES string of the molecule is C=CCCc1ccc(C#Cc2ccc3c(F)c(CCC=C)ccc3c2)cc1. The average Bonchev–Trinajstić information content (AvgIpc) is 2.71. The quantitative estimate of drug-likeness (QED) is 0.345. The number of allylic oxidation sites excluding steroid dienone is 2. The van der Waals surface area contributed by atoms with Gasteiger partial charge in [-0.05, 0) is 66.5 Å². The predicted molar refractivity (Wildman–Crippen MR) is 113 cm³/mol. The van der Waals surface area contributed by atoms with Crippen LogP contribution in [0.15, 0.2) is 79.9 Å². The zero-order valence-corrected chi connectivity index (χ0v) is 15.5. The molecule has 0 atom stereocenters. The first-order chi connectivity index (χ1) is 13.2. The summed E-state index contributed by atoms with van der Waals surface area (Å²) < 4.78 is 14.6. The van der Waals surface area contributed by atoms with Gasteiger partial charge in [0.25, 0.3) is 0 Å². The predicted octanol–water partition coefficient (Wildman–Crippen LogP) is 6.62. The molecule has 0 saturated heterocycles. The van der Waals surface area contributed by atoms with E-state index in [1.165, 1.54) is 5.56 Å². The molecule has 134 valence electrons. The van der Waals surface area contributed by atoms with Crippen molar-refractivity contribution in [2.45, 2.75) is 25.7 Å². The molecule has 0 amide bonds. The molecule has 0 aliphatic carbocycles. The molecule has 0 nitrogen and oxygen atoms in total. The van der Waals surface area contributed by atoms with Crippen LogP contribution in [-0.2, 0) is 12.8 Å². The van der Waals surface area contributed by atoms with Crippen LogP contribution in [0.25, 0.3) is 10.8 Å². The Morgan fingerprint density at radius 2 is 1.44 bits per heavy atom. The van der Waals surface area contributed by atoms with E-state index in [4.69, 9.17) is 0 Å². The van der Waals surface area contributed by atoms with Crippen molar-refractivity contribution in [3.8, 4) is 11.8 Å². The Morgan fingerprint density at radius 1 is 0.778 bits per heavy atom. The number of aryl methyl sites for hydroxylation is 2. The van der Waals surface area contributed by atoms with Crippen molar-refractivity contribution in [2.75, 3.05) is 0 Å². The van der Waals surface area contributed by atoms with Crippen LogP contribution in [-0.4, -0.2) is 0 Å². The van der Waals surface area contributed by atoms with Crippen molar-refractivity contribution in [3.05, 3.63) is 108 Å². The van der Waals surface area contributed by atoms with Crippen LogP contribution < -0.4 is 0 Å². The van der Waals surface area contributed by atoms with Crippen molar-refractivity contribution in [1.82, 2.24) is 0 Å². The Morgan fingerprint density at radius 3 is 2.19 bits per heavy atom. The monoisotopic (exact) mass is 354 g/mol. The fraction of sp³-hybridized carbons (Fsp3) is 0.154. The maximum Gasteiger partial charge on any atom is 0.134 e. The number of rotatable bonds is 6. The van der Waals surface area contributed by atoms with Crippen molar-refractivity contribution in [2.24, 2.45) is 0 Å². The molecule has 0 N–H and O–H groups in total. The first kappa shape index (κ1) is 18.7. The smallest absolute Gasteiger partial charge is 0.134 e. The van der Waals surface area contributed by atoms with E-state index in [0.29, 0.717) is 11.8 Å². The van der Waals surface area contributed by atoms with Gasteiger partial charge in [-0.2, -0.15) is 0 Å². The fourth-order valence-electron chi connectivity index (χ4n) is 3.03. The van der Waals surface area contributed by atoms with E-state index >= 15 is 0 Å². The fourth-order valence-corrected chi connectivity index (χ4v) is 3.03. The molecule has 0 aliphatic heterocycles. The summed E-state index contributed by atoms with van der Waals surface area (Å²) in [5, 5.41) is 1.52. The highest BCUT2D eigenvalue weighted by atomic mass is 19.1. The van der Waals surface area contributed by atoms with Crippen molar-refractivity contribution in [3.63, 3.8) is 0 Å². The molecular formula is C26H23F. The van der Waals surface area contributed by atoms with E-state index in [9.17, 15) is 4.39 Å². The standard InChI is InChI=1S/C26H23F/c1-3-5-7-20-9-11-21(12-10-20)13-14-22-15-18-25-24(19-22)17-16-23(26(25)27)8-6-4-2/h3-4,9-12,15-19H,1-2,5-8H2. The van der Waals surface area contributed by atoms with Gasteiger partial charge in [0, 0.05) is 16.5 Å². The van der Waals surface area contributed by atoms with Gasteiger partial charge in [0.1, 0.15) is 5.82 Å². The van der Waals surface area contributed by atoms with E-state index in [-0.39, 0.29) is 5.82 Å². The summed E-state index contributed by atoms with van der Waals surface area (Å²) in [7, 11) is 0. The van der Waals surface area contributed by atoms with Crippen LogP contribution in [0, 0.1) is 17.7 Å². The van der Waals surface area contributed by atoms with Crippen molar-refractivity contribution >= 4 is 10.8 Å². The summed E-state index contributed by atoms with van der Waals surface area (Å²) >= 11 is 0. The maximum atomic E-state index is 14.6. The number of halogens is 1. The first-order valence-corrected chi connectivity index (χ1v) is 9.25.